The molecule has 0 radical (unpaired) electrons. The Labute approximate surface area is 173 Å². The number of amides is 2. The van der Waals surface area contributed by atoms with Crippen molar-refractivity contribution in [2.75, 3.05) is 38.0 Å². The lowest BCUT2D eigenvalue weighted by Gasteiger charge is -2.34. The molecule has 0 aliphatic carbocycles. The maximum absolute atomic E-state index is 12.6. The molecule has 1 heterocycles. The van der Waals surface area contributed by atoms with Crippen molar-refractivity contribution in [2.24, 2.45) is 0 Å². The van der Waals surface area contributed by atoms with E-state index in [0.717, 1.165) is 0 Å². The van der Waals surface area contributed by atoms with Crippen LogP contribution in [0, 0.1) is 17.0 Å². The number of halogens is 1. The van der Waals surface area contributed by atoms with Crippen LogP contribution in [0.5, 0.6) is 0 Å². The van der Waals surface area contributed by atoms with Gasteiger partial charge in [-0.1, -0.05) is 29.8 Å². The van der Waals surface area contributed by atoms with E-state index in [-0.39, 0.29) is 24.0 Å². The molecule has 2 aromatic carbocycles. The predicted octanol–water partition coefficient (Wildman–Crippen LogP) is 2.95. The Balaban J connectivity index is 1.54. The molecule has 1 aliphatic heterocycles. The lowest BCUT2D eigenvalue weighted by molar-refractivity contribution is -0.385. The maximum Gasteiger partial charge on any atom is 0.274 e. The Kier molecular flexibility index (Phi) is 6.46. The van der Waals surface area contributed by atoms with Crippen molar-refractivity contribution in [1.29, 1.82) is 0 Å². The minimum Gasteiger partial charge on any atom is -0.336 e. The first-order valence-electron chi connectivity index (χ1n) is 9.17. The Morgan fingerprint density at radius 1 is 1.10 bits per heavy atom. The van der Waals surface area contributed by atoms with Crippen molar-refractivity contribution in [3.05, 3.63) is 68.7 Å². The van der Waals surface area contributed by atoms with Gasteiger partial charge in [-0.05, 0) is 25.1 Å². The summed E-state index contributed by atoms with van der Waals surface area (Å²) in [6.07, 6.45) is 0. The number of piperazine rings is 1. The summed E-state index contributed by atoms with van der Waals surface area (Å²) in [5, 5.41) is 14.2. The third kappa shape index (κ3) is 4.90. The first kappa shape index (κ1) is 20.8. The van der Waals surface area contributed by atoms with Crippen molar-refractivity contribution in [2.45, 2.75) is 6.92 Å². The first-order valence-corrected chi connectivity index (χ1v) is 9.54. The molecule has 29 heavy (non-hydrogen) atoms. The fourth-order valence-corrected chi connectivity index (χ4v) is 3.48. The van der Waals surface area contributed by atoms with Gasteiger partial charge in [0.15, 0.2) is 0 Å². The summed E-state index contributed by atoms with van der Waals surface area (Å²) in [4.78, 5) is 39.2. The van der Waals surface area contributed by atoms with E-state index in [0.29, 0.717) is 48.0 Å². The number of carbonyl (C=O) groups is 2. The van der Waals surface area contributed by atoms with Crippen LogP contribution in [0.3, 0.4) is 0 Å². The van der Waals surface area contributed by atoms with Crippen LogP contribution in [0.1, 0.15) is 15.9 Å². The molecule has 1 aliphatic rings. The lowest BCUT2D eigenvalue weighted by atomic mass is 10.1. The molecule has 1 fully saturated rings. The summed E-state index contributed by atoms with van der Waals surface area (Å²) in [6, 6.07) is 11.5. The second-order valence-corrected chi connectivity index (χ2v) is 7.21. The van der Waals surface area contributed by atoms with Gasteiger partial charge in [-0.3, -0.25) is 24.6 Å². The molecule has 3 rings (SSSR count). The van der Waals surface area contributed by atoms with Crippen LogP contribution in [0.25, 0.3) is 0 Å². The Morgan fingerprint density at radius 3 is 2.45 bits per heavy atom. The highest BCUT2D eigenvalue weighted by Gasteiger charge is 2.24. The number of hydrogen-bond donors (Lipinski definition) is 1. The number of hydrogen-bond acceptors (Lipinski definition) is 5. The van der Waals surface area contributed by atoms with Gasteiger partial charge < -0.3 is 10.2 Å². The molecular weight excluding hydrogens is 396 g/mol. The van der Waals surface area contributed by atoms with Gasteiger partial charge in [0.2, 0.25) is 5.91 Å². The average molecular weight is 417 g/mol. The second kappa shape index (κ2) is 9.02. The van der Waals surface area contributed by atoms with Crippen molar-refractivity contribution in [1.82, 2.24) is 9.80 Å². The van der Waals surface area contributed by atoms with Crippen LogP contribution in [0.15, 0.2) is 42.5 Å². The summed E-state index contributed by atoms with van der Waals surface area (Å²) in [5.74, 6) is -0.369. The quantitative estimate of drug-likeness (QED) is 0.597. The summed E-state index contributed by atoms with van der Waals surface area (Å²) >= 11 is 6.10. The molecule has 0 spiro atoms. The van der Waals surface area contributed by atoms with Crippen LogP contribution in [0.4, 0.5) is 11.4 Å². The topological polar surface area (TPSA) is 95.8 Å². The number of carbonyl (C=O) groups excluding carboxylic acids is 2. The lowest BCUT2D eigenvalue weighted by Crippen LogP contribution is -2.50. The zero-order chi connectivity index (χ0) is 21.0. The van der Waals surface area contributed by atoms with Crippen molar-refractivity contribution in [3.63, 3.8) is 0 Å². The molecule has 0 aromatic heterocycles. The molecule has 9 heteroatoms. The Hall–Kier alpha value is -2.97. The molecule has 1 N–H and O–H groups in total. The Bertz CT molecular complexity index is 942. The van der Waals surface area contributed by atoms with Crippen LogP contribution >= 0.6 is 11.6 Å². The summed E-state index contributed by atoms with van der Waals surface area (Å²) in [5.41, 5.74) is 1.29. The molecule has 0 bridgehead atoms. The second-order valence-electron chi connectivity index (χ2n) is 6.80. The molecule has 2 amide bonds. The van der Waals surface area contributed by atoms with E-state index < -0.39 is 4.92 Å². The summed E-state index contributed by atoms with van der Waals surface area (Å²) in [7, 11) is 0. The zero-order valence-corrected chi connectivity index (χ0v) is 16.7. The maximum atomic E-state index is 12.6. The largest absolute Gasteiger partial charge is 0.336 e. The first-order chi connectivity index (χ1) is 13.9. The summed E-state index contributed by atoms with van der Waals surface area (Å²) in [6.45, 7) is 3.85. The smallest absolute Gasteiger partial charge is 0.274 e. The van der Waals surface area contributed by atoms with Crippen LogP contribution in [-0.4, -0.2) is 59.3 Å². The van der Waals surface area contributed by atoms with E-state index in [1.165, 1.54) is 6.07 Å². The number of anilines is 1. The van der Waals surface area contributed by atoms with E-state index in [1.807, 2.05) is 4.90 Å². The van der Waals surface area contributed by atoms with Crippen LogP contribution in [-0.2, 0) is 4.79 Å². The Morgan fingerprint density at radius 2 is 1.79 bits per heavy atom. The van der Waals surface area contributed by atoms with Crippen molar-refractivity contribution in [3.8, 4) is 0 Å². The zero-order valence-electron chi connectivity index (χ0n) is 15.9. The number of nitrogens with one attached hydrogen (secondary N) is 1. The minimum atomic E-state index is -0.472. The highest BCUT2D eigenvalue weighted by atomic mass is 35.5. The monoisotopic (exact) mass is 416 g/mol. The minimum absolute atomic E-state index is 0.0329. The summed E-state index contributed by atoms with van der Waals surface area (Å²) < 4.78 is 0. The van der Waals surface area contributed by atoms with Gasteiger partial charge in [-0.15, -0.1) is 0 Å². The third-order valence-corrected chi connectivity index (χ3v) is 5.24. The molecule has 2 aromatic rings. The van der Waals surface area contributed by atoms with Gasteiger partial charge in [0.05, 0.1) is 33.3 Å². The molecule has 8 nitrogen and oxygen atoms in total. The van der Waals surface area contributed by atoms with E-state index in [1.54, 1.807) is 48.2 Å². The molecule has 0 unspecified atom stereocenters. The molecule has 0 saturated carbocycles. The molecule has 0 atom stereocenters. The number of nitro groups is 1. The van der Waals surface area contributed by atoms with Crippen LogP contribution < -0.4 is 5.32 Å². The molecular formula is C20H21ClN4O4. The van der Waals surface area contributed by atoms with Gasteiger partial charge in [0.25, 0.3) is 11.6 Å². The molecule has 152 valence electrons. The standard InChI is InChI=1S/C20H21ClN4O4/c1-14-17(7-4-8-18(14)25(28)29)22-19(26)13-23-9-11-24(12-10-23)20(27)15-5-2-3-6-16(15)21/h2-8H,9-13H2,1H3,(H,22,26). The van der Waals surface area contributed by atoms with Gasteiger partial charge >= 0.3 is 0 Å². The van der Waals surface area contributed by atoms with Gasteiger partial charge in [0, 0.05) is 32.2 Å². The average Bonchev–Trinajstić information content (AvgIpc) is 2.70. The van der Waals surface area contributed by atoms with Crippen LogP contribution in [0.2, 0.25) is 5.02 Å². The van der Waals surface area contributed by atoms with Crippen molar-refractivity contribution < 1.29 is 14.5 Å². The number of nitrogens with zero attached hydrogens (tertiary/aromatic N) is 3. The number of benzene rings is 2. The SMILES string of the molecule is Cc1c(NC(=O)CN2CCN(C(=O)c3ccccc3Cl)CC2)cccc1[N+](=O)[O-]. The van der Waals surface area contributed by atoms with Crippen molar-refractivity contribution >= 4 is 34.8 Å². The number of nitro benzene ring substituents is 1. The van der Waals surface area contributed by atoms with E-state index >= 15 is 0 Å². The predicted molar refractivity (Wildman–Crippen MR) is 110 cm³/mol. The fraction of sp³-hybridized carbons (Fsp3) is 0.300. The highest BCUT2D eigenvalue weighted by molar-refractivity contribution is 6.33. The third-order valence-electron chi connectivity index (χ3n) is 4.91. The van der Waals surface area contributed by atoms with Gasteiger partial charge in [-0.25, -0.2) is 0 Å². The van der Waals surface area contributed by atoms with E-state index in [9.17, 15) is 19.7 Å². The van der Waals surface area contributed by atoms with Gasteiger partial charge in [-0.2, -0.15) is 0 Å². The fourth-order valence-electron chi connectivity index (χ4n) is 3.26. The highest BCUT2D eigenvalue weighted by Crippen LogP contribution is 2.25. The van der Waals surface area contributed by atoms with E-state index in [2.05, 4.69) is 5.32 Å². The van der Waals surface area contributed by atoms with E-state index in [4.69, 9.17) is 11.6 Å². The number of rotatable bonds is 5. The molecule has 1 saturated heterocycles. The normalized spacial score (nSPS) is 14.5. The van der Waals surface area contributed by atoms with Gasteiger partial charge in [0.1, 0.15) is 0 Å².